The molecule has 0 radical (unpaired) electrons. The third-order valence-corrected chi connectivity index (χ3v) is 2.98. The zero-order chi connectivity index (χ0) is 9.97. The fourth-order valence-electron chi connectivity index (χ4n) is 2.04. The van der Waals surface area contributed by atoms with Gasteiger partial charge < -0.3 is 15.5 Å². The monoisotopic (exact) mass is 197 g/mol. The van der Waals surface area contributed by atoms with Crippen LogP contribution in [0.4, 0.5) is 4.79 Å². The van der Waals surface area contributed by atoms with Crippen LogP contribution in [-0.2, 0) is 0 Å². The van der Waals surface area contributed by atoms with Gasteiger partial charge in [0.25, 0.3) is 0 Å². The van der Waals surface area contributed by atoms with E-state index in [1.54, 1.807) is 0 Å². The van der Waals surface area contributed by atoms with Crippen molar-refractivity contribution in [1.29, 1.82) is 0 Å². The third kappa shape index (κ3) is 2.18. The Hall–Kier alpha value is -0.770. The van der Waals surface area contributed by atoms with Gasteiger partial charge in [-0.1, -0.05) is 0 Å². The van der Waals surface area contributed by atoms with Gasteiger partial charge in [-0.05, 0) is 32.7 Å². The molecule has 0 aromatic rings. The molecule has 1 aliphatic carbocycles. The number of amides is 2. The van der Waals surface area contributed by atoms with Gasteiger partial charge in [0.1, 0.15) is 0 Å². The highest BCUT2D eigenvalue weighted by Crippen LogP contribution is 2.21. The molecular weight excluding hydrogens is 178 g/mol. The molecule has 0 aromatic carbocycles. The van der Waals surface area contributed by atoms with Crippen LogP contribution in [0.2, 0.25) is 0 Å². The topological polar surface area (TPSA) is 44.4 Å². The lowest BCUT2D eigenvalue weighted by atomic mass is 10.2. The molecule has 1 saturated carbocycles. The fourth-order valence-corrected chi connectivity index (χ4v) is 2.04. The van der Waals surface area contributed by atoms with Gasteiger partial charge in [-0.25, -0.2) is 4.79 Å². The summed E-state index contributed by atoms with van der Waals surface area (Å²) in [5, 5.41) is 6.19. The predicted molar refractivity (Wildman–Crippen MR) is 55.2 cm³/mol. The molecule has 2 amide bonds. The molecule has 1 aliphatic heterocycles. The Morgan fingerprint density at radius 1 is 1.43 bits per heavy atom. The molecule has 4 heteroatoms. The minimum atomic E-state index is 0.144. The van der Waals surface area contributed by atoms with Gasteiger partial charge in [0, 0.05) is 25.2 Å². The van der Waals surface area contributed by atoms with E-state index in [2.05, 4.69) is 10.6 Å². The van der Waals surface area contributed by atoms with Gasteiger partial charge in [0.05, 0.1) is 0 Å². The van der Waals surface area contributed by atoms with E-state index in [0.717, 1.165) is 38.8 Å². The molecule has 4 nitrogen and oxygen atoms in total. The van der Waals surface area contributed by atoms with Crippen LogP contribution in [0.15, 0.2) is 0 Å². The lowest BCUT2D eigenvalue weighted by molar-refractivity contribution is 0.191. The normalized spacial score (nSPS) is 26.6. The van der Waals surface area contributed by atoms with Crippen LogP contribution in [0.25, 0.3) is 0 Å². The van der Waals surface area contributed by atoms with Crippen LogP contribution < -0.4 is 10.6 Å². The number of likely N-dealkylation sites (tertiary alicyclic amines) is 1. The quantitative estimate of drug-likeness (QED) is 0.693. The Bertz CT molecular complexity index is 215. The number of rotatable bonds is 3. The van der Waals surface area contributed by atoms with E-state index < -0.39 is 0 Å². The summed E-state index contributed by atoms with van der Waals surface area (Å²) < 4.78 is 0. The lowest BCUT2D eigenvalue weighted by Crippen LogP contribution is -2.46. The van der Waals surface area contributed by atoms with E-state index >= 15 is 0 Å². The number of carbonyl (C=O) groups is 1. The predicted octanol–water partition coefficient (Wildman–Crippen LogP) is 0.542. The second-order valence-electron chi connectivity index (χ2n) is 4.27. The number of nitrogens with zero attached hydrogens (tertiary/aromatic N) is 1. The SMILES string of the molecule is CNCC1CCCN1C(=O)NC1CC1. The van der Waals surface area contributed by atoms with Crippen molar-refractivity contribution in [1.82, 2.24) is 15.5 Å². The van der Waals surface area contributed by atoms with Crippen molar-refractivity contribution < 1.29 is 4.79 Å². The summed E-state index contributed by atoms with van der Waals surface area (Å²) in [7, 11) is 1.94. The first-order valence-corrected chi connectivity index (χ1v) is 5.53. The Morgan fingerprint density at radius 3 is 2.86 bits per heavy atom. The molecule has 0 bridgehead atoms. The molecule has 0 aromatic heterocycles. The van der Waals surface area contributed by atoms with Gasteiger partial charge in [0.2, 0.25) is 0 Å². The van der Waals surface area contributed by atoms with Crippen molar-refractivity contribution in [2.24, 2.45) is 0 Å². The second kappa shape index (κ2) is 4.17. The van der Waals surface area contributed by atoms with E-state index in [1.165, 1.54) is 0 Å². The Kier molecular flexibility index (Phi) is 2.91. The molecule has 1 atom stereocenters. The zero-order valence-electron chi connectivity index (χ0n) is 8.75. The Labute approximate surface area is 85.0 Å². The summed E-state index contributed by atoms with van der Waals surface area (Å²) in [6, 6.07) is 1.02. The van der Waals surface area contributed by atoms with E-state index in [0.29, 0.717) is 12.1 Å². The maximum atomic E-state index is 11.8. The minimum Gasteiger partial charge on any atom is -0.335 e. The van der Waals surface area contributed by atoms with E-state index in [1.807, 2.05) is 11.9 Å². The largest absolute Gasteiger partial charge is 0.335 e. The summed E-state index contributed by atoms with van der Waals surface area (Å²) in [6.07, 6.45) is 4.61. The van der Waals surface area contributed by atoms with E-state index in [-0.39, 0.29) is 6.03 Å². The van der Waals surface area contributed by atoms with Gasteiger partial charge in [-0.15, -0.1) is 0 Å². The summed E-state index contributed by atoms with van der Waals surface area (Å²) in [5.41, 5.74) is 0. The third-order valence-electron chi connectivity index (χ3n) is 2.98. The molecule has 1 saturated heterocycles. The Morgan fingerprint density at radius 2 is 2.21 bits per heavy atom. The number of urea groups is 1. The molecule has 1 unspecified atom stereocenters. The van der Waals surface area contributed by atoms with Crippen LogP contribution >= 0.6 is 0 Å². The van der Waals surface area contributed by atoms with Crippen molar-refractivity contribution in [2.75, 3.05) is 20.1 Å². The van der Waals surface area contributed by atoms with Crippen LogP contribution in [0, 0.1) is 0 Å². The average Bonchev–Trinajstić information content (AvgIpc) is 2.83. The number of hydrogen-bond donors (Lipinski definition) is 2. The standard InChI is InChI=1S/C10H19N3O/c1-11-7-9-3-2-6-13(9)10(14)12-8-4-5-8/h8-9,11H,2-7H2,1H3,(H,12,14). The first kappa shape index (κ1) is 9.77. The van der Waals surface area contributed by atoms with Gasteiger partial charge >= 0.3 is 6.03 Å². The molecule has 2 fully saturated rings. The number of likely N-dealkylation sites (N-methyl/N-ethyl adjacent to an activating group) is 1. The first-order valence-electron chi connectivity index (χ1n) is 5.53. The first-order chi connectivity index (χ1) is 6.81. The lowest BCUT2D eigenvalue weighted by Gasteiger charge is -2.24. The summed E-state index contributed by atoms with van der Waals surface area (Å²) in [6.45, 7) is 1.84. The number of hydrogen-bond acceptors (Lipinski definition) is 2. The van der Waals surface area contributed by atoms with Crippen LogP contribution in [0.5, 0.6) is 0 Å². The maximum Gasteiger partial charge on any atom is 0.317 e. The van der Waals surface area contributed by atoms with Crippen molar-refractivity contribution in [3.8, 4) is 0 Å². The molecule has 2 aliphatic rings. The molecule has 2 N–H and O–H groups in total. The molecule has 0 spiro atoms. The zero-order valence-corrected chi connectivity index (χ0v) is 8.75. The number of nitrogens with one attached hydrogen (secondary N) is 2. The van der Waals surface area contributed by atoms with Gasteiger partial charge in [-0.2, -0.15) is 0 Å². The van der Waals surface area contributed by atoms with Crippen molar-refractivity contribution in [2.45, 2.75) is 37.8 Å². The van der Waals surface area contributed by atoms with Crippen molar-refractivity contribution >= 4 is 6.03 Å². The second-order valence-corrected chi connectivity index (χ2v) is 4.27. The van der Waals surface area contributed by atoms with Crippen LogP contribution in [0.3, 0.4) is 0 Å². The van der Waals surface area contributed by atoms with E-state index in [4.69, 9.17) is 0 Å². The highest BCUT2D eigenvalue weighted by atomic mass is 16.2. The highest BCUT2D eigenvalue weighted by molar-refractivity contribution is 5.75. The molecular formula is C10H19N3O. The van der Waals surface area contributed by atoms with Crippen molar-refractivity contribution in [3.05, 3.63) is 0 Å². The molecule has 80 valence electrons. The highest BCUT2D eigenvalue weighted by Gasteiger charge is 2.31. The summed E-state index contributed by atoms with van der Waals surface area (Å²) in [4.78, 5) is 13.7. The molecule has 2 rings (SSSR count). The smallest absolute Gasteiger partial charge is 0.317 e. The summed E-state index contributed by atoms with van der Waals surface area (Å²) in [5.74, 6) is 0. The molecule has 14 heavy (non-hydrogen) atoms. The van der Waals surface area contributed by atoms with Crippen molar-refractivity contribution in [3.63, 3.8) is 0 Å². The van der Waals surface area contributed by atoms with Gasteiger partial charge in [0.15, 0.2) is 0 Å². The fraction of sp³-hybridized carbons (Fsp3) is 0.900. The molecule has 1 heterocycles. The van der Waals surface area contributed by atoms with Crippen LogP contribution in [-0.4, -0.2) is 43.2 Å². The Balaban J connectivity index is 1.83. The average molecular weight is 197 g/mol. The maximum absolute atomic E-state index is 11.8. The summed E-state index contributed by atoms with van der Waals surface area (Å²) >= 11 is 0. The number of carbonyl (C=O) groups excluding carboxylic acids is 1. The van der Waals surface area contributed by atoms with E-state index in [9.17, 15) is 4.79 Å². The van der Waals surface area contributed by atoms with Gasteiger partial charge in [-0.3, -0.25) is 0 Å². The minimum absolute atomic E-state index is 0.144. The van der Waals surface area contributed by atoms with Crippen LogP contribution in [0.1, 0.15) is 25.7 Å².